The van der Waals surface area contributed by atoms with Crippen molar-refractivity contribution in [1.82, 2.24) is 5.43 Å². The van der Waals surface area contributed by atoms with Gasteiger partial charge in [0.25, 0.3) is 15.9 Å². The number of hydrogen-bond acceptors (Lipinski definition) is 4. The van der Waals surface area contributed by atoms with Gasteiger partial charge in [0, 0.05) is 5.02 Å². The normalized spacial score (nSPS) is 11.7. The van der Waals surface area contributed by atoms with E-state index in [1.54, 1.807) is 31.2 Å². The summed E-state index contributed by atoms with van der Waals surface area (Å²) in [7, 11) is -4.03. The molecule has 0 atom stereocenters. The number of amides is 1. The summed E-state index contributed by atoms with van der Waals surface area (Å²) < 4.78 is 28.0. The first kappa shape index (κ1) is 25.5. The first-order valence-electron chi connectivity index (χ1n) is 10.9. The van der Waals surface area contributed by atoms with Gasteiger partial charge in [-0.3, -0.25) is 9.10 Å². The van der Waals surface area contributed by atoms with Crippen LogP contribution in [0.1, 0.15) is 42.0 Å². The number of rotatable bonds is 8. The van der Waals surface area contributed by atoms with Gasteiger partial charge < -0.3 is 0 Å². The zero-order valence-electron chi connectivity index (χ0n) is 19.6. The lowest BCUT2D eigenvalue weighted by atomic mass is 10.0. The van der Waals surface area contributed by atoms with E-state index in [0.717, 1.165) is 15.4 Å². The van der Waals surface area contributed by atoms with Crippen LogP contribution in [0.3, 0.4) is 0 Å². The summed E-state index contributed by atoms with van der Waals surface area (Å²) in [5.41, 5.74) is 6.38. The van der Waals surface area contributed by atoms with Gasteiger partial charge in [0.15, 0.2) is 0 Å². The van der Waals surface area contributed by atoms with Crippen LogP contribution < -0.4 is 9.73 Å². The molecule has 0 aliphatic heterocycles. The zero-order chi connectivity index (χ0) is 24.9. The van der Waals surface area contributed by atoms with Crippen molar-refractivity contribution in [2.24, 2.45) is 5.10 Å². The van der Waals surface area contributed by atoms with E-state index in [1.807, 2.05) is 31.2 Å². The monoisotopic (exact) mass is 497 g/mol. The minimum absolute atomic E-state index is 0.0824. The Balaban J connectivity index is 1.84. The van der Waals surface area contributed by atoms with Crippen LogP contribution >= 0.6 is 11.6 Å². The first-order chi connectivity index (χ1) is 16.1. The quantitative estimate of drug-likeness (QED) is 0.333. The number of benzene rings is 3. The van der Waals surface area contributed by atoms with Gasteiger partial charge in [0.05, 0.1) is 16.8 Å². The Morgan fingerprint density at radius 2 is 1.68 bits per heavy atom. The minimum atomic E-state index is -4.03. The third-order valence-corrected chi connectivity index (χ3v) is 7.35. The molecule has 0 unspecified atom stereocenters. The van der Waals surface area contributed by atoms with E-state index in [9.17, 15) is 13.2 Å². The van der Waals surface area contributed by atoms with Gasteiger partial charge in [-0.1, -0.05) is 73.5 Å². The van der Waals surface area contributed by atoms with Crippen molar-refractivity contribution in [1.29, 1.82) is 0 Å². The summed E-state index contributed by atoms with van der Waals surface area (Å²) in [4.78, 5) is 12.8. The Hall–Kier alpha value is -3.16. The highest BCUT2D eigenvalue weighted by atomic mass is 35.5. The topological polar surface area (TPSA) is 78.8 Å². The number of sulfonamides is 1. The molecule has 0 aliphatic carbocycles. The molecule has 0 aliphatic rings. The highest BCUT2D eigenvalue weighted by Crippen LogP contribution is 2.29. The molecule has 178 valence electrons. The Morgan fingerprint density at radius 1 is 1.03 bits per heavy atom. The van der Waals surface area contributed by atoms with Crippen molar-refractivity contribution >= 4 is 39.4 Å². The molecule has 0 radical (unpaired) electrons. The fraction of sp³-hybridized carbons (Fsp3) is 0.231. The number of carbonyl (C=O) groups excluding carboxylic acids is 1. The number of halogens is 1. The summed E-state index contributed by atoms with van der Waals surface area (Å²) in [5.74, 6) is -0.160. The van der Waals surface area contributed by atoms with Crippen LogP contribution in [0.4, 0.5) is 5.69 Å². The molecular weight excluding hydrogens is 470 g/mol. The molecule has 0 saturated carbocycles. The Morgan fingerprint density at radius 3 is 2.29 bits per heavy atom. The average Bonchev–Trinajstić information content (AvgIpc) is 2.80. The van der Waals surface area contributed by atoms with Gasteiger partial charge >= 0.3 is 0 Å². The summed E-state index contributed by atoms with van der Waals surface area (Å²) >= 11 is 6.15. The van der Waals surface area contributed by atoms with E-state index in [2.05, 4.69) is 24.4 Å². The van der Waals surface area contributed by atoms with Gasteiger partial charge in [-0.25, -0.2) is 13.8 Å². The number of anilines is 1. The third-order valence-electron chi connectivity index (χ3n) is 5.34. The lowest BCUT2D eigenvalue weighted by molar-refractivity contribution is -0.119. The zero-order valence-corrected chi connectivity index (χ0v) is 21.2. The molecule has 34 heavy (non-hydrogen) atoms. The number of hydrazone groups is 1. The maximum atomic E-state index is 13.5. The first-order valence-corrected chi connectivity index (χ1v) is 12.7. The van der Waals surface area contributed by atoms with Crippen LogP contribution in [0.25, 0.3) is 0 Å². The van der Waals surface area contributed by atoms with Gasteiger partial charge in [-0.05, 0) is 60.7 Å². The number of hydrogen-bond donors (Lipinski definition) is 1. The molecule has 1 N–H and O–H groups in total. The Labute approximate surface area is 206 Å². The second-order valence-electron chi connectivity index (χ2n) is 8.37. The lowest BCUT2D eigenvalue weighted by Gasteiger charge is -2.25. The standard InChI is InChI=1S/C26H28ClN3O3S/c1-18(2)22-10-8-21(9-11-22)16-28-29-26(31)17-30(25-15-23(27)12-7-20(25)4)34(32,33)24-13-5-19(3)6-14-24/h5-16,18H,17H2,1-4H3,(H,29,31)/b28-16-. The molecule has 3 aromatic rings. The second kappa shape index (κ2) is 10.8. The van der Waals surface area contributed by atoms with E-state index < -0.39 is 22.5 Å². The van der Waals surface area contributed by atoms with E-state index in [1.165, 1.54) is 30.0 Å². The summed E-state index contributed by atoms with van der Waals surface area (Å²) in [5, 5.41) is 4.37. The van der Waals surface area contributed by atoms with Crippen LogP contribution in [0.2, 0.25) is 5.02 Å². The molecule has 0 fully saturated rings. The predicted octanol–water partition coefficient (Wildman–Crippen LogP) is 5.43. The highest BCUT2D eigenvalue weighted by molar-refractivity contribution is 7.92. The predicted molar refractivity (Wildman–Crippen MR) is 138 cm³/mol. The molecular formula is C26H28ClN3O3S. The Bertz CT molecular complexity index is 1290. The maximum Gasteiger partial charge on any atom is 0.264 e. The van der Waals surface area contributed by atoms with Crippen LogP contribution in [0, 0.1) is 13.8 Å². The van der Waals surface area contributed by atoms with Gasteiger partial charge in [0.1, 0.15) is 6.54 Å². The fourth-order valence-electron chi connectivity index (χ4n) is 3.30. The van der Waals surface area contributed by atoms with Crippen LogP contribution in [0.5, 0.6) is 0 Å². The number of carbonyl (C=O) groups is 1. The van der Waals surface area contributed by atoms with E-state index in [0.29, 0.717) is 22.2 Å². The molecule has 0 spiro atoms. The lowest BCUT2D eigenvalue weighted by Crippen LogP contribution is -2.40. The summed E-state index contributed by atoms with van der Waals surface area (Å²) in [6.07, 6.45) is 1.52. The SMILES string of the molecule is Cc1ccc(S(=O)(=O)N(CC(=O)N/N=C\c2ccc(C(C)C)cc2)c2cc(Cl)ccc2C)cc1. The maximum absolute atomic E-state index is 13.5. The number of nitrogens with zero attached hydrogens (tertiary/aromatic N) is 2. The van der Waals surface area contributed by atoms with Crippen molar-refractivity contribution in [3.63, 3.8) is 0 Å². The molecule has 3 aromatic carbocycles. The minimum Gasteiger partial charge on any atom is -0.271 e. The van der Waals surface area contributed by atoms with Gasteiger partial charge in [-0.2, -0.15) is 5.10 Å². The number of nitrogens with one attached hydrogen (secondary N) is 1. The largest absolute Gasteiger partial charge is 0.271 e. The molecule has 6 nitrogen and oxygen atoms in total. The van der Waals surface area contributed by atoms with Crippen LogP contribution in [0.15, 0.2) is 76.7 Å². The molecule has 8 heteroatoms. The molecule has 0 heterocycles. The average molecular weight is 498 g/mol. The van der Waals surface area contributed by atoms with Crippen molar-refractivity contribution in [2.45, 2.75) is 38.5 Å². The molecule has 3 rings (SSSR count). The van der Waals surface area contributed by atoms with E-state index >= 15 is 0 Å². The summed E-state index contributed by atoms with van der Waals surface area (Å²) in [6.45, 7) is 7.40. The van der Waals surface area contributed by atoms with Crippen molar-refractivity contribution < 1.29 is 13.2 Å². The van der Waals surface area contributed by atoms with Crippen molar-refractivity contribution in [3.05, 3.63) is 94.0 Å². The van der Waals surface area contributed by atoms with Gasteiger partial charge in [0.2, 0.25) is 0 Å². The van der Waals surface area contributed by atoms with E-state index in [4.69, 9.17) is 11.6 Å². The Kier molecular flexibility index (Phi) is 8.12. The van der Waals surface area contributed by atoms with Crippen molar-refractivity contribution in [3.8, 4) is 0 Å². The molecule has 1 amide bonds. The van der Waals surface area contributed by atoms with Crippen LogP contribution in [-0.4, -0.2) is 27.1 Å². The van der Waals surface area contributed by atoms with Gasteiger partial charge in [-0.15, -0.1) is 0 Å². The molecule has 0 aromatic heterocycles. The third kappa shape index (κ3) is 6.24. The highest BCUT2D eigenvalue weighted by Gasteiger charge is 2.28. The molecule has 0 bridgehead atoms. The van der Waals surface area contributed by atoms with Crippen molar-refractivity contribution in [2.75, 3.05) is 10.8 Å². The smallest absolute Gasteiger partial charge is 0.264 e. The van der Waals surface area contributed by atoms with E-state index in [-0.39, 0.29) is 4.90 Å². The van der Waals surface area contributed by atoms with Crippen LogP contribution in [-0.2, 0) is 14.8 Å². The molecule has 0 saturated heterocycles. The fourth-order valence-corrected chi connectivity index (χ4v) is 4.94. The summed E-state index contributed by atoms with van der Waals surface area (Å²) in [6, 6.07) is 19.2. The number of aryl methyl sites for hydroxylation is 2. The second-order valence-corrected chi connectivity index (χ2v) is 10.7.